The summed E-state index contributed by atoms with van der Waals surface area (Å²) in [6, 6.07) is 0. The number of rotatable bonds is 1. The second kappa shape index (κ2) is 5.92. The summed E-state index contributed by atoms with van der Waals surface area (Å²) >= 11 is 0. The molecule has 0 amide bonds. The van der Waals surface area contributed by atoms with E-state index in [4.69, 9.17) is 5.48 Å². The highest BCUT2D eigenvalue weighted by Crippen LogP contribution is 2.74. The standard InChI is InChI=1S/C25H38O2/c1-16(26)25-11-5-4-6-18(25)15-22-20-8-7-17-14-19(27)9-12-23(17,2)21(20)10-13-24(22,25)3/h17-18,20-22H,4-15H2,1-3H3/t17-,18+,20+,21-,22-,23-,24-,25-/m0/s1/i4T,5T,9T,12T/t4?,5?,9?,12?,17-,18+,20+,21-,22-,23-,24-,25-. The fourth-order valence-corrected chi connectivity index (χ4v) is 8.98. The van der Waals surface area contributed by atoms with Crippen LogP contribution in [-0.2, 0) is 9.59 Å². The van der Waals surface area contributed by atoms with Gasteiger partial charge in [0.05, 0.1) is 0 Å². The fourth-order valence-electron chi connectivity index (χ4n) is 8.98. The Balaban J connectivity index is 1.54. The monoisotopic (exact) mass is 378 g/mol. The first kappa shape index (κ1) is 14.3. The molecule has 5 rings (SSSR count). The molecular weight excluding hydrogens is 332 g/mol. The lowest BCUT2D eigenvalue weighted by atomic mass is 9.42. The largest absolute Gasteiger partial charge is 0.300 e. The van der Waals surface area contributed by atoms with Gasteiger partial charge in [-0.3, -0.25) is 9.59 Å². The van der Waals surface area contributed by atoms with Gasteiger partial charge in [-0.25, -0.2) is 0 Å². The first-order valence-electron chi connectivity index (χ1n) is 13.5. The molecular formula is C25H38O2. The van der Waals surface area contributed by atoms with Crippen molar-refractivity contribution >= 4 is 11.6 Å². The highest BCUT2D eigenvalue weighted by atomic mass is 16.1. The Labute approximate surface area is 170 Å². The van der Waals surface area contributed by atoms with Crippen LogP contribution < -0.4 is 0 Å². The van der Waals surface area contributed by atoms with E-state index in [9.17, 15) is 9.59 Å². The Morgan fingerprint density at radius 3 is 2.63 bits per heavy atom. The molecule has 0 aliphatic heterocycles. The summed E-state index contributed by atoms with van der Waals surface area (Å²) < 4.78 is 34.2. The van der Waals surface area contributed by atoms with Crippen LogP contribution in [0.25, 0.3) is 0 Å². The van der Waals surface area contributed by atoms with Gasteiger partial charge in [0, 0.05) is 23.7 Å². The highest BCUT2D eigenvalue weighted by molar-refractivity contribution is 5.84. The number of Topliss-reactive ketones (excluding diaryl/α,β-unsaturated/α-hetero) is 2. The molecule has 0 aromatic carbocycles. The lowest BCUT2D eigenvalue weighted by molar-refractivity contribution is -0.157. The van der Waals surface area contributed by atoms with Gasteiger partial charge in [0.15, 0.2) is 0 Å². The molecule has 0 aromatic heterocycles. The van der Waals surface area contributed by atoms with Crippen molar-refractivity contribution in [1.29, 1.82) is 0 Å². The van der Waals surface area contributed by atoms with Crippen LogP contribution >= 0.6 is 0 Å². The molecule has 0 heterocycles. The summed E-state index contributed by atoms with van der Waals surface area (Å²) in [6.07, 6.45) is 4.12. The molecule has 12 atom stereocenters. The molecule has 5 fully saturated rings. The van der Waals surface area contributed by atoms with E-state index in [2.05, 4.69) is 13.8 Å². The van der Waals surface area contributed by atoms with Crippen LogP contribution in [0.1, 0.15) is 103 Å². The first-order valence-corrected chi connectivity index (χ1v) is 11.2. The Morgan fingerprint density at radius 2 is 1.85 bits per heavy atom. The lowest BCUT2D eigenvalue weighted by Gasteiger charge is -2.62. The average molecular weight is 379 g/mol. The SMILES string of the molecule is [3H]C1C[C@@H]2C[C@H]3[C@@H]4CC[C@H]5CC(=O)C([3H])C([3H])[C@]5(C)[C@H]4CC[C@]3(C)[C@]2(C(C)=O)CC1[3H]. The van der Waals surface area contributed by atoms with Gasteiger partial charge in [-0.15, -0.1) is 0 Å². The second-order valence-electron chi connectivity index (χ2n) is 10.8. The summed E-state index contributed by atoms with van der Waals surface area (Å²) in [7, 11) is 0. The third-order valence-corrected chi connectivity index (χ3v) is 10.3. The zero-order valence-corrected chi connectivity index (χ0v) is 17.2. The van der Waals surface area contributed by atoms with Crippen molar-refractivity contribution in [3.63, 3.8) is 0 Å². The molecule has 150 valence electrons. The van der Waals surface area contributed by atoms with Crippen LogP contribution in [0, 0.1) is 45.8 Å². The number of carbonyl (C=O) groups is 2. The van der Waals surface area contributed by atoms with Crippen LogP contribution in [0.2, 0.25) is 0 Å². The molecule has 0 radical (unpaired) electrons. The van der Waals surface area contributed by atoms with Crippen molar-refractivity contribution in [2.24, 2.45) is 45.8 Å². The van der Waals surface area contributed by atoms with E-state index in [1.54, 1.807) is 6.92 Å². The molecule has 5 aliphatic carbocycles. The first-order chi connectivity index (χ1) is 14.5. The molecule has 0 aromatic rings. The number of ketones is 2. The van der Waals surface area contributed by atoms with Gasteiger partial charge in [-0.1, -0.05) is 26.6 Å². The summed E-state index contributed by atoms with van der Waals surface area (Å²) in [6.45, 7) is 6.25. The van der Waals surface area contributed by atoms with Crippen LogP contribution in [0.15, 0.2) is 0 Å². The van der Waals surface area contributed by atoms with Crippen molar-refractivity contribution in [2.45, 2.75) is 97.7 Å². The Hall–Kier alpha value is -0.660. The molecule has 0 N–H and O–H groups in total. The van der Waals surface area contributed by atoms with E-state index in [-0.39, 0.29) is 34.2 Å². The zero-order valence-electron chi connectivity index (χ0n) is 21.2. The molecule has 4 unspecified atom stereocenters. The minimum Gasteiger partial charge on any atom is -0.300 e. The van der Waals surface area contributed by atoms with Gasteiger partial charge < -0.3 is 0 Å². The normalized spacial score (nSPS) is 67.5. The van der Waals surface area contributed by atoms with Crippen LogP contribution in [0.3, 0.4) is 0 Å². The van der Waals surface area contributed by atoms with E-state index in [1.165, 1.54) is 0 Å². The van der Waals surface area contributed by atoms with E-state index in [0.29, 0.717) is 37.0 Å². The molecule has 0 spiro atoms. The predicted octanol–water partition coefficient (Wildman–Crippen LogP) is 5.97. The quantitative estimate of drug-likeness (QED) is 0.563. The Kier molecular flexibility index (Phi) is 3.15. The molecule has 0 bridgehead atoms. The van der Waals surface area contributed by atoms with Gasteiger partial charge in [-0.2, -0.15) is 0 Å². The van der Waals surface area contributed by atoms with Crippen LogP contribution in [0.4, 0.5) is 0 Å². The maximum Gasteiger partial charge on any atom is 0.136 e. The topological polar surface area (TPSA) is 34.1 Å². The number of hydrogen-bond acceptors (Lipinski definition) is 2. The smallest absolute Gasteiger partial charge is 0.136 e. The Morgan fingerprint density at radius 1 is 1.04 bits per heavy atom. The summed E-state index contributed by atoms with van der Waals surface area (Å²) in [5.74, 6) is 1.78. The Bertz CT molecular complexity index is 798. The molecule has 27 heavy (non-hydrogen) atoms. The number of fused-ring (bicyclic) bond motifs is 7. The highest BCUT2D eigenvalue weighted by Gasteiger charge is 2.69. The summed E-state index contributed by atoms with van der Waals surface area (Å²) in [4.78, 5) is 25.6. The molecule has 2 nitrogen and oxygen atoms in total. The van der Waals surface area contributed by atoms with Gasteiger partial charge in [-0.05, 0) is 98.7 Å². The van der Waals surface area contributed by atoms with Crippen molar-refractivity contribution in [3.8, 4) is 0 Å². The van der Waals surface area contributed by atoms with Gasteiger partial charge in [0.2, 0.25) is 0 Å². The van der Waals surface area contributed by atoms with Gasteiger partial charge >= 0.3 is 0 Å². The van der Waals surface area contributed by atoms with Gasteiger partial charge in [0.25, 0.3) is 0 Å². The van der Waals surface area contributed by atoms with E-state index < -0.39 is 31.0 Å². The minimum absolute atomic E-state index is 0.0491. The minimum atomic E-state index is -0.920. The molecule has 0 saturated heterocycles. The van der Waals surface area contributed by atoms with Crippen LogP contribution in [-0.4, -0.2) is 11.6 Å². The van der Waals surface area contributed by atoms with E-state index in [1.807, 2.05) is 0 Å². The fraction of sp³-hybridized carbons (Fsp3) is 0.920. The maximum absolute atomic E-state index is 13.3. The zero-order chi connectivity index (χ0) is 22.5. The van der Waals surface area contributed by atoms with Crippen molar-refractivity contribution in [3.05, 3.63) is 0 Å². The lowest BCUT2D eigenvalue weighted by Crippen LogP contribution is -2.56. The van der Waals surface area contributed by atoms with Crippen molar-refractivity contribution < 1.29 is 15.1 Å². The third-order valence-electron chi connectivity index (χ3n) is 10.3. The number of carbonyl (C=O) groups excluding carboxylic acids is 2. The van der Waals surface area contributed by atoms with Crippen LogP contribution in [0.5, 0.6) is 0 Å². The predicted molar refractivity (Wildman–Crippen MR) is 107 cm³/mol. The van der Waals surface area contributed by atoms with Gasteiger partial charge in [0.1, 0.15) is 11.6 Å². The molecule has 2 heteroatoms. The molecule has 5 saturated carbocycles. The summed E-state index contributed by atoms with van der Waals surface area (Å²) in [5, 5.41) is 0. The average Bonchev–Trinajstić information content (AvgIpc) is 2.97. The van der Waals surface area contributed by atoms with Crippen molar-refractivity contribution in [2.75, 3.05) is 0 Å². The maximum atomic E-state index is 13.3. The van der Waals surface area contributed by atoms with Crippen molar-refractivity contribution in [1.82, 2.24) is 0 Å². The van der Waals surface area contributed by atoms with E-state index >= 15 is 0 Å². The third kappa shape index (κ3) is 2.19. The molecule has 5 aliphatic rings. The second-order valence-corrected chi connectivity index (χ2v) is 10.8. The van der Waals surface area contributed by atoms with E-state index in [0.717, 1.165) is 32.1 Å². The number of hydrogen-bond donors (Lipinski definition) is 0. The summed E-state index contributed by atoms with van der Waals surface area (Å²) in [5.41, 5.74) is -0.890.